The highest BCUT2D eigenvalue weighted by molar-refractivity contribution is 5.28. The molecule has 1 aromatic heterocycles. The molecule has 1 aromatic carbocycles. The highest BCUT2D eigenvalue weighted by Crippen LogP contribution is 2.51. The number of rotatable bonds is 3. The Morgan fingerprint density at radius 2 is 1.74 bits per heavy atom. The molecule has 1 N–H and O–H groups in total. The third-order valence-corrected chi connectivity index (χ3v) is 5.68. The van der Waals surface area contributed by atoms with Crippen molar-refractivity contribution >= 4 is 0 Å². The van der Waals surface area contributed by atoms with E-state index in [4.69, 9.17) is 0 Å². The summed E-state index contributed by atoms with van der Waals surface area (Å²) in [6.45, 7) is 6.76. The molecule has 1 saturated carbocycles. The van der Waals surface area contributed by atoms with Crippen molar-refractivity contribution in [2.45, 2.75) is 51.0 Å². The van der Waals surface area contributed by atoms with Crippen molar-refractivity contribution in [2.75, 3.05) is 0 Å². The lowest BCUT2D eigenvalue weighted by Crippen LogP contribution is -2.49. The van der Waals surface area contributed by atoms with E-state index >= 15 is 0 Å². The molecule has 0 spiro atoms. The summed E-state index contributed by atoms with van der Waals surface area (Å²) < 4.78 is 0. The Balaban J connectivity index is 2.05. The smallest absolute Gasteiger partial charge is 0.110 e. The van der Waals surface area contributed by atoms with Crippen molar-refractivity contribution < 1.29 is 5.11 Å². The molecular formula is C21H27NO. The van der Waals surface area contributed by atoms with Crippen LogP contribution < -0.4 is 0 Å². The molecule has 1 aliphatic rings. The van der Waals surface area contributed by atoms with E-state index in [2.05, 4.69) is 50.0 Å². The van der Waals surface area contributed by atoms with Gasteiger partial charge in [-0.15, -0.1) is 0 Å². The average molecular weight is 309 g/mol. The molecule has 0 amide bonds. The summed E-state index contributed by atoms with van der Waals surface area (Å²) in [6.07, 6.45) is 4.76. The van der Waals surface area contributed by atoms with Crippen LogP contribution in [0.25, 0.3) is 0 Å². The van der Waals surface area contributed by atoms with E-state index in [0.717, 1.165) is 25.0 Å². The molecule has 3 atom stereocenters. The SMILES string of the molecule is C[C@@H]1CC[C@@H](C(C)(C)c2ccccc2)[C@](O)(c2ccccn2)C1. The number of benzene rings is 1. The fourth-order valence-corrected chi connectivity index (χ4v) is 4.39. The quantitative estimate of drug-likeness (QED) is 0.892. The van der Waals surface area contributed by atoms with E-state index in [9.17, 15) is 5.11 Å². The number of hydrogen-bond acceptors (Lipinski definition) is 2. The summed E-state index contributed by atoms with van der Waals surface area (Å²) in [6, 6.07) is 16.4. The van der Waals surface area contributed by atoms with Crippen molar-refractivity contribution in [3.05, 3.63) is 66.0 Å². The van der Waals surface area contributed by atoms with E-state index in [-0.39, 0.29) is 11.3 Å². The van der Waals surface area contributed by atoms with Crippen LogP contribution in [0.15, 0.2) is 54.7 Å². The van der Waals surface area contributed by atoms with Gasteiger partial charge in [-0.25, -0.2) is 0 Å². The highest BCUT2D eigenvalue weighted by Gasteiger charge is 2.50. The van der Waals surface area contributed by atoms with Crippen molar-refractivity contribution in [3.8, 4) is 0 Å². The lowest BCUT2D eigenvalue weighted by Gasteiger charge is -2.49. The molecule has 1 heterocycles. The minimum absolute atomic E-state index is 0.104. The van der Waals surface area contributed by atoms with Crippen molar-refractivity contribution in [1.29, 1.82) is 0 Å². The van der Waals surface area contributed by atoms with Crippen LogP contribution in [0.5, 0.6) is 0 Å². The Bertz CT molecular complexity index is 637. The zero-order valence-electron chi connectivity index (χ0n) is 14.4. The Morgan fingerprint density at radius 1 is 1.04 bits per heavy atom. The van der Waals surface area contributed by atoms with Crippen LogP contribution in [0, 0.1) is 11.8 Å². The lowest BCUT2D eigenvalue weighted by atomic mass is 9.58. The normalized spacial score (nSPS) is 28.5. The third kappa shape index (κ3) is 2.92. The van der Waals surface area contributed by atoms with E-state index in [1.807, 2.05) is 24.3 Å². The molecule has 2 aromatic rings. The van der Waals surface area contributed by atoms with Gasteiger partial charge in [-0.05, 0) is 41.9 Å². The summed E-state index contributed by atoms with van der Waals surface area (Å²) in [5.41, 5.74) is 1.14. The molecule has 1 fully saturated rings. The monoisotopic (exact) mass is 309 g/mol. The lowest BCUT2D eigenvalue weighted by molar-refractivity contribution is -0.0980. The molecule has 3 rings (SSSR count). The van der Waals surface area contributed by atoms with Crippen molar-refractivity contribution in [2.24, 2.45) is 11.8 Å². The van der Waals surface area contributed by atoms with Crippen molar-refractivity contribution in [3.63, 3.8) is 0 Å². The Hall–Kier alpha value is -1.67. The molecule has 1 aliphatic carbocycles. The fourth-order valence-electron chi connectivity index (χ4n) is 4.39. The van der Waals surface area contributed by atoms with Gasteiger partial charge in [-0.3, -0.25) is 4.98 Å². The van der Waals surface area contributed by atoms with E-state index in [0.29, 0.717) is 5.92 Å². The second-order valence-corrected chi connectivity index (χ2v) is 7.67. The largest absolute Gasteiger partial charge is 0.383 e. The zero-order valence-corrected chi connectivity index (χ0v) is 14.4. The van der Waals surface area contributed by atoms with E-state index in [1.165, 1.54) is 5.56 Å². The molecule has 0 unspecified atom stereocenters. The number of aliphatic hydroxyl groups is 1. The van der Waals surface area contributed by atoms with Gasteiger partial charge in [0.15, 0.2) is 0 Å². The van der Waals surface area contributed by atoms with Crippen LogP contribution in [-0.2, 0) is 11.0 Å². The van der Waals surface area contributed by atoms with Crippen LogP contribution in [0.2, 0.25) is 0 Å². The molecule has 0 bridgehead atoms. The Kier molecular flexibility index (Phi) is 4.29. The number of hydrogen-bond donors (Lipinski definition) is 1. The minimum atomic E-state index is -0.863. The first-order valence-corrected chi connectivity index (χ1v) is 8.64. The standard InChI is InChI=1S/C21H27NO/c1-16-12-13-18(20(2,3)17-9-5-4-6-10-17)21(23,15-16)19-11-7-8-14-22-19/h4-11,14,16,18,23H,12-13,15H2,1-3H3/t16-,18+,21+/m1/s1. The molecule has 0 radical (unpaired) electrons. The van der Waals surface area contributed by atoms with Gasteiger partial charge in [0.1, 0.15) is 5.60 Å². The topological polar surface area (TPSA) is 33.1 Å². The summed E-state index contributed by atoms with van der Waals surface area (Å²) in [4.78, 5) is 4.52. The molecule has 122 valence electrons. The van der Waals surface area contributed by atoms with Crippen LogP contribution in [-0.4, -0.2) is 10.1 Å². The molecule has 0 aliphatic heterocycles. The molecule has 23 heavy (non-hydrogen) atoms. The average Bonchev–Trinajstić information content (AvgIpc) is 2.56. The second-order valence-electron chi connectivity index (χ2n) is 7.67. The predicted molar refractivity (Wildman–Crippen MR) is 94.1 cm³/mol. The third-order valence-electron chi connectivity index (χ3n) is 5.68. The molecule has 2 heteroatoms. The van der Waals surface area contributed by atoms with Crippen LogP contribution >= 0.6 is 0 Å². The van der Waals surface area contributed by atoms with Gasteiger partial charge in [0.25, 0.3) is 0 Å². The van der Waals surface area contributed by atoms with E-state index in [1.54, 1.807) is 6.20 Å². The molecular weight excluding hydrogens is 282 g/mol. The van der Waals surface area contributed by atoms with Gasteiger partial charge in [-0.1, -0.05) is 63.6 Å². The summed E-state index contributed by atoms with van der Waals surface area (Å²) in [5.74, 6) is 0.674. The second kappa shape index (κ2) is 6.09. The number of aromatic nitrogens is 1. The number of pyridine rings is 1. The fraction of sp³-hybridized carbons (Fsp3) is 0.476. The minimum Gasteiger partial charge on any atom is -0.383 e. The van der Waals surface area contributed by atoms with Crippen LogP contribution in [0.3, 0.4) is 0 Å². The van der Waals surface area contributed by atoms with Crippen LogP contribution in [0.4, 0.5) is 0 Å². The maximum Gasteiger partial charge on any atom is 0.110 e. The number of nitrogens with zero attached hydrogens (tertiary/aromatic N) is 1. The maximum absolute atomic E-state index is 11.7. The summed E-state index contributed by atoms with van der Waals surface area (Å²) in [5, 5.41) is 11.7. The van der Waals surface area contributed by atoms with Gasteiger partial charge in [0.05, 0.1) is 5.69 Å². The van der Waals surface area contributed by atoms with Gasteiger partial charge in [-0.2, -0.15) is 0 Å². The summed E-state index contributed by atoms with van der Waals surface area (Å²) in [7, 11) is 0. The molecule has 0 saturated heterocycles. The van der Waals surface area contributed by atoms with E-state index < -0.39 is 5.60 Å². The van der Waals surface area contributed by atoms with Gasteiger partial charge >= 0.3 is 0 Å². The van der Waals surface area contributed by atoms with Gasteiger partial charge < -0.3 is 5.11 Å². The predicted octanol–water partition coefficient (Wildman–Crippen LogP) is 4.68. The first kappa shape index (κ1) is 16.2. The van der Waals surface area contributed by atoms with Crippen LogP contribution in [0.1, 0.15) is 51.3 Å². The first-order valence-electron chi connectivity index (χ1n) is 8.64. The first-order chi connectivity index (χ1) is 10.9. The maximum atomic E-state index is 11.7. The Labute approximate surface area is 139 Å². The van der Waals surface area contributed by atoms with Gasteiger partial charge in [0, 0.05) is 12.1 Å². The van der Waals surface area contributed by atoms with Gasteiger partial charge in [0.2, 0.25) is 0 Å². The zero-order chi connectivity index (χ0) is 16.5. The molecule has 2 nitrogen and oxygen atoms in total. The van der Waals surface area contributed by atoms with Crippen molar-refractivity contribution in [1.82, 2.24) is 4.98 Å². The summed E-state index contributed by atoms with van der Waals surface area (Å²) >= 11 is 0. The Morgan fingerprint density at radius 3 is 2.39 bits per heavy atom. The highest BCUT2D eigenvalue weighted by atomic mass is 16.3.